The molecule has 1 N–H and O–H groups in total. The first-order chi connectivity index (χ1) is 15.0. The molecule has 3 aromatic rings. The van der Waals surface area contributed by atoms with Gasteiger partial charge in [-0.05, 0) is 30.5 Å². The number of hydrogen-bond acceptors (Lipinski definition) is 5. The molecule has 0 aromatic heterocycles. The molecule has 0 saturated heterocycles. The van der Waals surface area contributed by atoms with Crippen LogP contribution in [0.15, 0.2) is 91.0 Å². The predicted octanol–water partition coefficient (Wildman–Crippen LogP) is 4.41. The fraction of sp³-hybridized carbons (Fsp3) is 0.231. The van der Waals surface area contributed by atoms with Gasteiger partial charge in [0.05, 0.1) is 6.61 Å². The van der Waals surface area contributed by atoms with Crippen molar-refractivity contribution in [2.24, 2.45) is 5.92 Å². The van der Waals surface area contributed by atoms with E-state index >= 15 is 0 Å². The fourth-order valence-corrected chi connectivity index (χ4v) is 3.56. The Balaban J connectivity index is 2.28. The van der Waals surface area contributed by atoms with Crippen LogP contribution in [-0.2, 0) is 19.9 Å². The highest BCUT2D eigenvalue weighted by Crippen LogP contribution is 2.44. The van der Waals surface area contributed by atoms with E-state index in [0.29, 0.717) is 16.7 Å². The molecule has 2 atom stereocenters. The summed E-state index contributed by atoms with van der Waals surface area (Å²) >= 11 is 0. The van der Waals surface area contributed by atoms with Crippen LogP contribution >= 0.6 is 0 Å². The van der Waals surface area contributed by atoms with Crippen molar-refractivity contribution in [1.82, 2.24) is 0 Å². The molecule has 5 heteroatoms. The lowest BCUT2D eigenvalue weighted by molar-refractivity contribution is -0.240. The lowest BCUT2D eigenvalue weighted by atomic mass is 9.79. The Hall–Kier alpha value is -3.46. The molecule has 0 bridgehead atoms. The molecule has 0 spiro atoms. The quantitative estimate of drug-likeness (QED) is 0.255. The summed E-state index contributed by atoms with van der Waals surface area (Å²) < 4.78 is 11.4. The average molecular weight is 415 g/mol. The summed E-state index contributed by atoms with van der Waals surface area (Å²) in [7, 11) is 0. The van der Waals surface area contributed by atoms with Gasteiger partial charge in [0, 0.05) is 0 Å². The highest BCUT2D eigenvalue weighted by molar-refractivity contribution is 5.73. The zero-order valence-corrected chi connectivity index (χ0v) is 17.6. The number of hydrogen-bond donors (Lipinski definition) is 1. The molecule has 158 valence electrons. The summed E-state index contributed by atoms with van der Waals surface area (Å²) in [5.74, 6) is -4.41. The van der Waals surface area contributed by atoms with Gasteiger partial charge in [-0.1, -0.05) is 91.0 Å². The van der Waals surface area contributed by atoms with Crippen molar-refractivity contribution in [1.29, 1.82) is 5.26 Å². The lowest BCUT2D eigenvalue weighted by Crippen LogP contribution is -2.50. The number of nitrogens with zero attached hydrogens (tertiary/aromatic N) is 1. The molecule has 5 nitrogen and oxygen atoms in total. The molecule has 0 aliphatic heterocycles. The molecule has 0 radical (unpaired) electrons. The third-order valence-electron chi connectivity index (χ3n) is 5.24. The van der Waals surface area contributed by atoms with Crippen molar-refractivity contribution in [2.45, 2.75) is 25.2 Å². The maximum atomic E-state index is 12.4. The lowest BCUT2D eigenvalue weighted by Gasteiger charge is -2.41. The Morgan fingerprint density at radius 3 is 1.61 bits per heavy atom. The summed E-state index contributed by atoms with van der Waals surface area (Å²) in [5.41, 5.74) is 0.765. The van der Waals surface area contributed by atoms with Gasteiger partial charge in [-0.15, -0.1) is 0 Å². The third kappa shape index (κ3) is 4.36. The van der Waals surface area contributed by atoms with E-state index in [0.717, 1.165) is 0 Å². The first kappa shape index (κ1) is 22.2. The molecular formula is C26H25NO4. The maximum absolute atomic E-state index is 12.4. The van der Waals surface area contributed by atoms with Crippen LogP contribution in [0.25, 0.3) is 0 Å². The second kappa shape index (κ2) is 9.57. The van der Waals surface area contributed by atoms with Crippen LogP contribution < -0.4 is 0 Å². The van der Waals surface area contributed by atoms with Gasteiger partial charge in [-0.25, -0.2) is 0 Å². The molecule has 2 unspecified atom stereocenters. The Labute approximate surface area is 182 Å². The van der Waals surface area contributed by atoms with Crippen LogP contribution in [0.1, 0.15) is 30.5 Å². The number of carbonyl (C=O) groups excluding carboxylic acids is 1. The number of benzene rings is 3. The molecule has 3 aromatic carbocycles. The summed E-state index contributed by atoms with van der Waals surface area (Å²) in [5, 5.41) is 21.3. The predicted molar refractivity (Wildman–Crippen MR) is 117 cm³/mol. The minimum absolute atomic E-state index is 0.131. The minimum atomic E-state index is -2.45. The van der Waals surface area contributed by atoms with Gasteiger partial charge < -0.3 is 14.6 Å². The molecular weight excluding hydrogens is 390 g/mol. The van der Waals surface area contributed by atoms with E-state index in [-0.39, 0.29) is 6.61 Å². The maximum Gasteiger partial charge on any atom is 0.315 e. The summed E-state index contributed by atoms with van der Waals surface area (Å²) in [6.07, 6.45) is 0. The number of aliphatic hydroxyl groups is 1. The minimum Gasteiger partial charge on any atom is -0.466 e. The molecule has 0 aliphatic carbocycles. The van der Waals surface area contributed by atoms with E-state index in [1.807, 2.05) is 97.1 Å². The number of rotatable bonds is 8. The monoisotopic (exact) mass is 415 g/mol. The second-order valence-electron chi connectivity index (χ2n) is 7.16. The van der Waals surface area contributed by atoms with E-state index in [2.05, 4.69) is 0 Å². The molecule has 0 heterocycles. The van der Waals surface area contributed by atoms with E-state index in [4.69, 9.17) is 9.47 Å². The number of ether oxygens (including phenoxy) is 2. The zero-order valence-electron chi connectivity index (χ0n) is 17.6. The average Bonchev–Trinajstić information content (AvgIpc) is 2.83. The molecule has 31 heavy (non-hydrogen) atoms. The van der Waals surface area contributed by atoms with E-state index in [9.17, 15) is 15.2 Å². The van der Waals surface area contributed by atoms with Crippen molar-refractivity contribution >= 4 is 5.97 Å². The Kier molecular flexibility index (Phi) is 6.86. The summed E-state index contributed by atoms with van der Waals surface area (Å²) in [4.78, 5) is 12.4. The highest BCUT2D eigenvalue weighted by Gasteiger charge is 2.50. The molecule has 3 rings (SSSR count). The van der Waals surface area contributed by atoms with Gasteiger partial charge in [-0.2, -0.15) is 5.26 Å². The standard InChI is InChI=1S/C26H25NO4/c1-3-30-24(28)20(2)25(29,19-27)31-26(21-13-7-4-8-14-21,22-15-9-5-10-16-22)23-17-11-6-12-18-23/h4-18,20,29H,3H2,1-2H3. The van der Waals surface area contributed by atoms with Crippen molar-refractivity contribution in [3.05, 3.63) is 108 Å². The van der Waals surface area contributed by atoms with E-state index in [1.165, 1.54) is 6.92 Å². The van der Waals surface area contributed by atoms with Crippen molar-refractivity contribution in [2.75, 3.05) is 6.61 Å². The normalized spacial score (nSPS) is 14.1. The van der Waals surface area contributed by atoms with E-state index < -0.39 is 23.3 Å². The van der Waals surface area contributed by atoms with Crippen LogP contribution in [0.4, 0.5) is 0 Å². The van der Waals surface area contributed by atoms with Gasteiger partial charge in [-0.3, -0.25) is 4.79 Å². The molecule has 0 saturated carbocycles. The smallest absolute Gasteiger partial charge is 0.315 e. The summed E-state index contributed by atoms with van der Waals surface area (Å²) in [6.45, 7) is 3.22. The number of carbonyl (C=O) groups is 1. The van der Waals surface area contributed by atoms with E-state index in [1.54, 1.807) is 6.92 Å². The van der Waals surface area contributed by atoms with Crippen LogP contribution in [0.5, 0.6) is 0 Å². The van der Waals surface area contributed by atoms with Gasteiger partial charge >= 0.3 is 5.97 Å². The SMILES string of the molecule is CCOC(=O)C(C)C(O)(C#N)OC(c1ccccc1)(c1ccccc1)c1ccccc1. The summed E-state index contributed by atoms with van der Waals surface area (Å²) in [6, 6.07) is 29.8. The molecule has 0 amide bonds. The van der Waals surface area contributed by atoms with Gasteiger partial charge in [0.25, 0.3) is 5.79 Å². The zero-order chi connectivity index (χ0) is 22.3. The number of esters is 1. The van der Waals surface area contributed by atoms with Crippen LogP contribution in [0, 0.1) is 17.2 Å². The fourth-order valence-electron chi connectivity index (χ4n) is 3.56. The van der Waals surface area contributed by atoms with Crippen LogP contribution in [0.3, 0.4) is 0 Å². The van der Waals surface area contributed by atoms with Crippen molar-refractivity contribution in [3.8, 4) is 6.07 Å². The van der Waals surface area contributed by atoms with Crippen molar-refractivity contribution < 1.29 is 19.4 Å². The van der Waals surface area contributed by atoms with Crippen LogP contribution in [-0.4, -0.2) is 23.5 Å². The first-order valence-corrected chi connectivity index (χ1v) is 10.1. The van der Waals surface area contributed by atoms with Crippen molar-refractivity contribution in [3.63, 3.8) is 0 Å². The largest absolute Gasteiger partial charge is 0.466 e. The molecule has 0 fully saturated rings. The van der Waals surface area contributed by atoms with Gasteiger partial charge in [0.1, 0.15) is 17.6 Å². The third-order valence-corrected chi connectivity index (χ3v) is 5.24. The first-order valence-electron chi connectivity index (χ1n) is 10.1. The Bertz CT molecular complexity index is 935. The number of nitriles is 1. The Morgan fingerprint density at radius 2 is 1.29 bits per heavy atom. The second-order valence-corrected chi connectivity index (χ2v) is 7.16. The topological polar surface area (TPSA) is 79.5 Å². The Morgan fingerprint density at radius 1 is 0.903 bits per heavy atom. The van der Waals surface area contributed by atoms with Gasteiger partial charge in [0.2, 0.25) is 0 Å². The van der Waals surface area contributed by atoms with Gasteiger partial charge in [0.15, 0.2) is 0 Å². The highest BCUT2D eigenvalue weighted by atomic mass is 16.6. The molecule has 0 aliphatic rings. The van der Waals surface area contributed by atoms with Crippen LogP contribution in [0.2, 0.25) is 0 Å².